The Bertz CT molecular complexity index is 627. The van der Waals surface area contributed by atoms with Crippen molar-refractivity contribution < 1.29 is 4.39 Å². The normalized spacial score (nSPS) is 23.6. The van der Waals surface area contributed by atoms with E-state index in [0.717, 1.165) is 18.5 Å². The number of hydrogen-bond donors (Lipinski definition) is 3. The number of aromatic amines is 1. The number of H-pyrrole nitrogens is 1. The second-order valence-corrected chi connectivity index (χ2v) is 5.47. The lowest BCUT2D eigenvalue weighted by atomic mass is 10.0. The van der Waals surface area contributed by atoms with Gasteiger partial charge in [0.2, 0.25) is 0 Å². The first-order valence-corrected chi connectivity index (χ1v) is 7.23. The molecule has 21 heavy (non-hydrogen) atoms. The Morgan fingerprint density at radius 1 is 1.57 bits per heavy atom. The maximum atomic E-state index is 14.5. The summed E-state index contributed by atoms with van der Waals surface area (Å²) in [6.45, 7) is 4.15. The first-order chi connectivity index (χ1) is 10.1. The fourth-order valence-corrected chi connectivity index (χ4v) is 3.02. The minimum atomic E-state index is -0.995. The minimum Gasteiger partial charge on any atom is -0.396 e. The van der Waals surface area contributed by atoms with Gasteiger partial charge in [-0.25, -0.2) is 15.2 Å². The zero-order chi connectivity index (χ0) is 15.0. The molecule has 2 atom stereocenters. The van der Waals surface area contributed by atoms with Crippen LogP contribution in [-0.4, -0.2) is 46.7 Å². The number of nitrogens with zero attached hydrogens (tertiary/aromatic N) is 3. The van der Waals surface area contributed by atoms with Crippen molar-refractivity contribution in [2.45, 2.75) is 25.6 Å². The number of hydrogen-bond acceptors (Lipinski definition) is 5. The van der Waals surface area contributed by atoms with Crippen LogP contribution in [0, 0.1) is 0 Å². The lowest BCUT2D eigenvalue weighted by Crippen LogP contribution is -2.55. The van der Waals surface area contributed by atoms with Crippen LogP contribution < -0.4 is 16.6 Å². The molecule has 5 N–H and O–H groups in total. The van der Waals surface area contributed by atoms with Gasteiger partial charge < -0.3 is 20.6 Å². The maximum Gasteiger partial charge on any atom is 0.139 e. The zero-order valence-electron chi connectivity index (χ0n) is 12.1. The Kier molecular flexibility index (Phi) is 3.69. The summed E-state index contributed by atoms with van der Waals surface area (Å²) in [4.78, 5) is 9.32. The molecule has 1 saturated heterocycles. The highest BCUT2D eigenvalue weighted by Gasteiger charge is 2.33. The van der Waals surface area contributed by atoms with E-state index in [4.69, 9.17) is 11.6 Å². The number of aromatic nitrogens is 2. The van der Waals surface area contributed by atoms with Crippen LogP contribution in [0.25, 0.3) is 11.0 Å². The van der Waals surface area contributed by atoms with Gasteiger partial charge >= 0.3 is 0 Å². The Hall–Kier alpha value is -1.86. The highest BCUT2D eigenvalue weighted by Crippen LogP contribution is 2.33. The molecule has 0 amide bonds. The van der Waals surface area contributed by atoms with Crippen LogP contribution in [0.15, 0.2) is 18.5 Å². The molecule has 114 valence electrons. The average molecular weight is 292 g/mol. The summed E-state index contributed by atoms with van der Waals surface area (Å²) in [5, 5.41) is 2.31. The molecule has 0 saturated carbocycles. The third-order valence-electron chi connectivity index (χ3n) is 4.24. The molecule has 1 aliphatic rings. The van der Waals surface area contributed by atoms with E-state index < -0.39 is 6.17 Å². The van der Waals surface area contributed by atoms with Crippen molar-refractivity contribution in [3.05, 3.63) is 18.5 Å². The van der Waals surface area contributed by atoms with Gasteiger partial charge in [0.25, 0.3) is 0 Å². The molecule has 3 heterocycles. The first-order valence-electron chi connectivity index (χ1n) is 7.23. The van der Waals surface area contributed by atoms with Crippen molar-refractivity contribution in [2.24, 2.45) is 5.84 Å². The largest absolute Gasteiger partial charge is 0.396 e. The Balaban J connectivity index is 1.92. The number of pyridine rings is 1. The van der Waals surface area contributed by atoms with E-state index in [1.165, 1.54) is 5.01 Å². The van der Waals surface area contributed by atoms with Gasteiger partial charge in [-0.05, 0) is 19.0 Å². The third kappa shape index (κ3) is 2.43. The molecule has 6 nitrogen and oxygen atoms in total. The molecule has 3 rings (SSSR count). The van der Waals surface area contributed by atoms with E-state index in [9.17, 15) is 4.39 Å². The van der Waals surface area contributed by atoms with Crippen molar-refractivity contribution in [1.29, 1.82) is 0 Å². The Labute approximate surface area is 122 Å². The summed E-state index contributed by atoms with van der Waals surface area (Å²) >= 11 is 0. The molecule has 2 aromatic heterocycles. The topological polar surface area (TPSA) is 87.2 Å². The van der Waals surface area contributed by atoms with Crippen LogP contribution in [-0.2, 0) is 0 Å². The lowest BCUT2D eigenvalue weighted by molar-refractivity contribution is 0.120. The van der Waals surface area contributed by atoms with Crippen molar-refractivity contribution in [3.63, 3.8) is 0 Å². The fourth-order valence-electron chi connectivity index (χ4n) is 3.02. The number of halogens is 1. The molecular weight excluding hydrogens is 271 g/mol. The highest BCUT2D eigenvalue weighted by atomic mass is 19.1. The van der Waals surface area contributed by atoms with Crippen LogP contribution in [0.4, 0.5) is 15.8 Å². The molecule has 0 radical (unpaired) electrons. The molecular formula is C14H21FN6. The van der Waals surface area contributed by atoms with Gasteiger partial charge in [0, 0.05) is 24.7 Å². The number of alkyl halides is 1. The summed E-state index contributed by atoms with van der Waals surface area (Å²) in [6.07, 6.45) is 3.02. The second kappa shape index (κ2) is 5.50. The van der Waals surface area contributed by atoms with E-state index in [2.05, 4.69) is 14.9 Å². The van der Waals surface area contributed by atoms with Crippen LogP contribution in [0.3, 0.4) is 0 Å². The monoisotopic (exact) mass is 292 g/mol. The number of likely N-dealkylation sites (tertiary alicyclic amines) is 1. The van der Waals surface area contributed by atoms with Gasteiger partial charge in [0.15, 0.2) is 0 Å². The molecule has 7 heteroatoms. The summed E-state index contributed by atoms with van der Waals surface area (Å²) < 4.78 is 14.5. The Morgan fingerprint density at radius 3 is 3.10 bits per heavy atom. The quantitative estimate of drug-likeness (QED) is 0.585. The van der Waals surface area contributed by atoms with Crippen LogP contribution in [0.5, 0.6) is 0 Å². The molecule has 0 aromatic carbocycles. The average Bonchev–Trinajstić information content (AvgIpc) is 2.94. The molecule has 2 aromatic rings. The zero-order valence-corrected chi connectivity index (χ0v) is 12.1. The van der Waals surface area contributed by atoms with E-state index in [1.54, 1.807) is 12.4 Å². The van der Waals surface area contributed by atoms with Crippen LogP contribution in [0.1, 0.15) is 13.3 Å². The number of piperidine rings is 1. The van der Waals surface area contributed by atoms with Crippen molar-refractivity contribution in [1.82, 2.24) is 14.9 Å². The summed E-state index contributed by atoms with van der Waals surface area (Å²) in [5.41, 5.74) is 7.85. The van der Waals surface area contributed by atoms with Gasteiger partial charge in [-0.1, -0.05) is 6.92 Å². The number of nitrogen functional groups attached to an aromatic ring is 1. The predicted octanol–water partition coefficient (Wildman–Crippen LogP) is 1.26. The van der Waals surface area contributed by atoms with Gasteiger partial charge in [-0.2, -0.15) is 0 Å². The molecule has 0 aliphatic carbocycles. The van der Waals surface area contributed by atoms with Crippen molar-refractivity contribution in [3.8, 4) is 0 Å². The van der Waals surface area contributed by atoms with Gasteiger partial charge in [-0.15, -0.1) is 0 Å². The molecule has 0 bridgehead atoms. The van der Waals surface area contributed by atoms with E-state index >= 15 is 0 Å². The van der Waals surface area contributed by atoms with E-state index in [0.29, 0.717) is 30.0 Å². The maximum absolute atomic E-state index is 14.5. The van der Waals surface area contributed by atoms with Gasteiger partial charge in [0.05, 0.1) is 23.6 Å². The van der Waals surface area contributed by atoms with Gasteiger partial charge in [-0.3, -0.25) is 0 Å². The number of hydrazine groups is 1. The molecule has 2 unspecified atom stereocenters. The van der Waals surface area contributed by atoms with Gasteiger partial charge in [0.1, 0.15) is 11.8 Å². The standard InChI is InChI=1S/C14H21FN6/c1-2-20-6-4-12(10(15)8-20)21(17)13-9-3-5-18-14(9)19-7-11(13)16/h3,5,7,10,12H,2,4,6,8,16-17H2,1H3,(H,18,19). The van der Waals surface area contributed by atoms with E-state index in [-0.39, 0.29) is 6.04 Å². The number of anilines is 2. The number of nitrogens with two attached hydrogens (primary N) is 2. The lowest BCUT2D eigenvalue weighted by Gasteiger charge is -2.39. The number of nitrogens with one attached hydrogen (secondary N) is 1. The predicted molar refractivity (Wildman–Crippen MR) is 82.6 cm³/mol. The summed E-state index contributed by atoms with van der Waals surface area (Å²) in [7, 11) is 0. The number of rotatable bonds is 3. The second-order valence-electron chi connectivity index (χ2n) is 5.47. The number of fused-ring (bicyclic) bond motifs is 1. The van der Waals surface area contributed by atoms with Crippen molar-refractivity contribution >= 4 is 22.4 Å². The fraction of sp³-hybridized carbons (Fsp3) is 0.500. The molecule has 1 aliphatic heterocycles. The van der Waals surface area contributed by atoms with Crippen LogP contribution >= 0.6 is 0 Å². The van der Waals surface area contributed by atoms with E-state index in [1.807, 2.05) is 13.0 Å². The highest BCUT2D eigenvalue weighted by molar-refractivity contribution is 5.96. The van der Waals surface area contributed by atoms with Crippen LogP contribution in [0.2, 0.25) is 0 Å². The smallest absolute Gasteiger partial charge is 0.139 e. The SMILES string of the molecule is CCN1CCC(N(N)c2c(N)cnc3[nH]ccc23)C(F)C1. The minimum absolute atomic E-state index is 0.365. The summed E-state index contributed by atoms with van der Waals surface area (Å²) in [5.74, 6) is 6.23. The molecule has 1 fully saturated rings. The first kappa shape index (κ1) is 14.1. The Morgan fingerprint density at radius 2 is 2.38 bits per heavy atom. The molecule has 0 spiro atoms. The summed E-state index contributed by atoms with van der Waals surface area (Å²) in [6, 6.07) is 1.50. The third-order valence-corrected chi connectivity index (χ3v) is 4.24. The van der Waals surface area contributed by atoms with Crippen molar-refractivity contribution in [2.75, 3.05) is 30.4 Å².